The Bertz CT molecular complexity index is 645. The average molecular weight is 423 g/mol. The highest BCUT2D eigenvalue weighted by atomic mass is 79.9. The Morgan fingerprint density at radius 2 is 1.76 bits per heavy atom. The molecule has 1 aromatic heterocycles. The molecule has 1 rings (SSSR count). The zero-order chi connectivity index (χ0) is 16.6. The molecule has 0 aliphatic rings. The van der Waals surface area contributed by atoms with Crippen LogP contribution in [-0.4, -0.2) is 19.8 Å². The van der Waals surface area contributed by atoms with E-state index in [4.69, 9.17) is 10.7 Å². The number of hydrogen-bond donors (Lipinski definition) is 0. The van der Waals surface area contributed by atoms with Crippen LogP contribution >= 0.6 is 26.6 Å². The van der Waals surface area contributed by atoms with E-state index in [9.17, 15) is 34.8 Å². The van der Waals surface area contributed by atoms with Crippen molar-refractivity contribution in [2.45, 2.75) is 22.9 Å². The number of hydrogen-bond acceptors (Lipinski definition) is 4. The summed E-state index contributed by atoms with van der Waals surface area (Å²) in [6, 6.07) is -0.129. The fraction of sp³-hybridized carbons (Fsp3) is 0.375. The third-order valence-corrected chi connectivity index (χ3v) is 3.63. The molecule has 0 aromatic carbocycles. The lowest BCUT2D eigenvalue weighted by Gasteiger charge is -2.18. The second kappa shape index (κ2) is 5.80. The van der Waals surface area contributed by atoms with Crippen molar-refractivity contribution in [1.29, 1.82) is 0 Å². The van der Waals surface area contributed by atoms with Crippen LogP contribution in [0.3, 0.4) is 0 Å². The van der Waals surface area contributed by atoms with Gasteiger partial charge < -0.3 is 4.74 Å². The molecular weight excluding hydrogens is 420 g/mol. The van der Waals surface area contributed by atoms with Crippen LogP contribution in [-0.2, 0) is 20.6 Å². The summed E-state index contributed by atoms with van der Waals surface area (Å²) in [6.45, 7) is 0. The number of halogens is 8. The van der Waals surface area contributed by atoms with E-state index in [1.165, 1.54) is 0 Å². The van der Waals surface area contributed by atoms with Gasteiger partial charge in [-0.25, -0.2) is 13.4 Å². The van der Waals surface area contributed by atoms with Crippen molar-refractivity contribution in [3.63, 3.8) is 0 Å². The predicted molar refractivity (Wildman–Crippen MR) is 61.6 cm³/mol. The molecule has 0 fully saturated rings. The largest absolute Gasteiger partial charge is 0.573 e. The molecule has 120 valence electrons. The molecule has 0 saturated heterocycles. The van der Waals surface area contributed by atoms with Gasteiger partial charge in [0.05, 0.1) is 5.69 Å². The first kappa shape index (κ1) is 18.3. The normalized spacial score (nSPS) is 13.3. The second-order valence-electron chi connectivity index (χ2n) is 3.40. The lowest BCUT2D eigenvalue weighted by molar-refractivity contribution is -0.276. The Kier molecular flexibility index (Phi) is 5.05. The summed E-state index contributed by atoms with van der Waals surface area (Å²) in [5.74, 6) is -1.64. The lowest BCUT2D eigenvalue weighted by Crippen LogP contribution is -2.22. The van der Waals surface area contributed by atoms with E-state index in [-0.39, 0.29) is 6.07 Å². The molecule has 0 amide bonds. The van der Waals surface area contributed by atoms with Crippen molar-refractivity contribution in [1.82, 2.24) is 4.98 Å². The molecule has 0 N–H and O–H groups in total. The van der Waals surface area contributed by atoms with E-state index < -0.39 is 49.0 Å². The smallest absolute Gasteiger partial charge is 0.403 e. The summed E-state index contributed by atoms with van der Waals surface area (Å²) in [5.41, 5.74) is -2.87. The van der Waals surface area contributed by atoms with Crippen molar-refractivity contribution in [3.8, 4) is 5.75 Å². The molecule has 4 nitrogen and oxygen atoms in total. The first-order valence-electron chi connectivity index (χ1n) is 4.63. The van der Waals surface area contributed by atoms with E-state index in [0.29, 0.717) is 0 Å². The van der Waals surface area contributed by atoms with Crippen molar-refractivity contribution in [2.75, 3.05) is 0 Å². The quantitative estimate of drug-likeness (QED) is 0.422. The van der Waals surface area contributed by atoms with Crippen LogP contribution in [0.15, 0.2) is 11.1 Å². The Hall–Kier alpha value is -0.750. The molecule has 0 bridgehead atoms. The fourth-order valence-corrected chi connectivity index (χ4v) is 2.31. The number of rotatable bonds is 3. The van der Waals surface area contributed by atoms with E-state index in [1.54, 1.807) is 0 Å². The standard InChI is InChI=1S/C8H3BrClF6NO3S/c9-2-4-6(20-8(14,15)16)3(7(11,12)13)1-5(17-4)21(10,18)19/h1H,2H2. The van der Waals surface area contributed by atoms with E-state index in [0.717, 1.165) is 0 Å². The monoisotopic (exact) mass is 421 g/mol. The molecule has 0 spiro atoms. The zero-order valence-electron chi connectivity index (χ0n) is 9.39. The zero-order valence-corrected chi connectivity index (χ0v) is 12.5. The minimum atomic E-state index is -5.42. The first-order chi connectivity index (χ1) is 9.25. The van der Waals surface area contributed by atoms with Crippen LogP contribution in [0.1, 0.15) is 11.3 Å². The highest BCUT2D eigenvalue weighted by Crippen LogP contribution is 2.41. The topological polar surface area (TPSA) is 56.3 Å². The SMILES string of the molecule is O=S(=O)(Cl)c1cc(C(F)(F)F)c(OC(F)(F)F)c(CBr)n1. The van der Waals surface area contributed by atoms with Crippen LogP contribution < -0.4 is 4.74 Å². The minimum Gasteiger partial charge on any atom is -0.403 e. The van der Waals surface area contributed by atoms with Crippen molar-refractivity contribution < 1.29 is 39.5 Å². The van der Waals surface area contributed by atoms with Gasteiger partial charge in [0.25, 0.3) is 9.05 Å². The molecule has 0 aliphatic heterocycles. The van der Waals surface area contributed by atoms with Gasteiger partial charge in [0.15, 0.2) is 10.8 Å². The van der Waals surface area contributed by atoms with Gasteiger partial charge >= 0.3 is 12.5 Å². The van der Waals surface area contributed by atoms with Gasteiger partial charge in [-0.1, -0.05) is 15.9 Å². The molecule has 0 radical (unpaired) electrons. The molecule has 21 heavy (non-hydrogen) atoms. The van der Waals surface area contributed by atoms with E-state index in [2.05, 4.69) is 25.7 Å². The van der Waals surface area contributed by atoms with Gasteiger partial charge in [-0.3, -0.25) is 0 Å². The molecule has 0 aliphatic carbocycles. The maximum Gasteiger partial charge on any atom is 0.573 e. The van der Waals surface area contributed by atoms with Gasteiger partial charge in [-0.15, -0.1) is 13.2 Å². The molecule has 13 heteroatoms. The summed E-state index contributed by atoms with van der Waals surface area (Å²) >= 11 is 2.60. The Morgan fingerprint density at radius 1 is 1.24 bits per heavy atom. The number of nitrogens with zero attached hydrogens (tertiary/aromatic N) is 1. The Balaban J connectivity index is 3.69. The van der Waals surface area contributed by atoms with Crippen LogP contribution in [0.2, 0.25) is 0 Å². The molecule has 0 saturated carbocycles. The number of aromatic nitrogens is 1. The van der Waals surface area contributed by atoms with Crippen LogP contribution in [0.5, 0.6) is 5.75 Å². The number of ether oxygens (including phenoxy) is 1. The Morgan fingerprint density at radius 3 is 2.10 bits per heavy atom. The van der Waals surface area contributed by atoms with Crippen LogP contribution in [0.25, 0.3) is 0 Å². The van der Waals surface area contributed by atoms with Gasteiger partial charge in [0, 0.05) is 16.0 Å². The Labute approximate surface area is 126 Å². The van der Waals surface area contributed by atoms with Crippen LogP contribution in [0, 0.1) is 0 Å². The summed E-state index contributed by atoms with van der Waals surface area (Å²) in [6.07, 6.45) is -10.7. The van der Waals surface area contributed by atoms with Gasteiger partial charge in [0.2, 0.25) is 0 Å². The average Bonchev–Trinajstić information content (AvgIpc) is 2.23. The molecular formula is C8H3BrClF6NO3S. The summed E-state index contributed by atoms with van der Waals surface area (Å²) < 4.78 is 100. The van der Waals surface area contributed by atoms with Gasteiger partial charge in [0.1, 0.15) is 5.56 Å². The summed E-state index contributed by atoms with van der Waals surface area (Å²) in [7, 11) is 0.184. The maximum atomic E-state index is 12.8. The van der Waals surface area contributed by atoms with Gasteiger partial charge in [-0.05, 0) is 6.07 Å². The molecule has 1 heterocycles. The minimum absolute atomic E-state index is 0.129. The molecule has 0 unspecified atom stereocenters. The van der Waals surface area contributed by atoms with Crippen LogP contribution in [0.4, 0.5) is 26.3 Å². The van der Waals surface area contributed by atoms with E-state index in [1.807, 2.05) is 0 Å². The van der Waals surface area contributed by atoms with Crippen molar-refractivity contribution >= 4 is 35.7 Å². The maximum absolute atomic E-state index is 12.8. The fourth-order valence-electron chi connectivity index (χ4n) is 1.22. The first-order valence-corrected chi connectivity index (χ1v) is 8.06. The summed E-state index contributed by atoms with van der Waals surface area (Å²) in [4.78, 5) is 3.13. The lowest BCUT2D eigenvalue weighted by atomic mass is 10.2. The van der Waals surface area contributed by atoms with Crippen molar-refractivity contribution in [2.24, 2.45) is 0 Å². The highest BCUT2D eigenvalue weighted by molar-refractivity contribution is 9.08. The molecule has 1 aromatic rings. The van der Waals surface area contributed by atoms with Crippen molar-refractivity contribution in [3.05, 3.63) is 17.3 Å². The van der Waals surface area contributed by atoms with E-state index >= 15 is 0 Å². The van der Waals surface area contributed by atoms with Gasteiger partial charge in [-0.2, -0.15) is 13.2 Å². The third kappa shape index (κ3) is 4.88. The third-order valence-electron chi connectivity index (χ3n) is 1.92. The number of pyridine rings is 1. The summed E-state index contributed by atoms with van der Waals surface area (Å²) in [5, 5.41) is -1.86. The number of alkyl halides is 7. The highest BCUT2D eigenvalue weighted by Gasteiger charge is 2.42. The predicted octanol–water partition coefficient (Wildman–Crippen LogP) is 3.82. The second-order valence-corrected chi connectivity index (χ2v) is 6.47. The molecule has 0 atom stereocenters.